The summed E-state index contributed by atoms with van der Waals surface area (Å²) in [5, 5.41) is 8.37. The zero-order chi connectivity index (χ0) is 27.6. The smallest absolute Gasteiger partial charge is 0.243 e. The summed E-state index contributed by atoms with van der Waals surface area (Å²) in [6, 6.07) is 16.2. The highest BCUT2D eigenvalue weighted by atomic mass is 32.2. The standard InChI is InChI=1S/C28H33N7O3S/c1-4-9-25-30-27(26-20(2)32-35(28(26)31-25)23-10-6-5-7-11-23)33-16-8-17-34(19-18-33)39(37,38)24-14-12-22(13-15-24)29-21(3)36/h5-7,10-15H,4,8-9,16-19H2,1-3H3,(H,29,36). The maximum absolute atomic E-state index is 13.5. The lowest BCUT2D eigenvalue weighted by atomic mass is 10.2. The molecule has 0 bridgehead atoms. The summed E-state index contributed by atoms with van der Waals surface area (Å²) >= 11 is 0. The number of rotatable bonds is 7. The molecule has 0 unspecified atom stereocenters. The first-order chi connectivity index (χ1) is 18.8. The molecular formula is C28H33N7O3S. The fraction of sp³-hybridized carbons (Fsp3) is 0.357. The van der Waals surface area contributed by atoms with E-state index in [2.05, 4.69) is 17.1 Å². The Labute approximate surface area is 228 Å². The molecule has 204 valence electrons. The Morgan fingerprint density at radius 1 is 0.974 bits per heavy atom. The molecule has 3 heterocycles. The quantitative estimate of drug-likeness (QED) is 0.373. The van der Waals surface area contributed by atoms with Crippen molar-refractivity contribution < 1.29 is 13.2 Å². The Bertz CT molecular complexity index is 1590. The van der Waals surface area contributed by atoms with Crippen molar-refractivity contribution in [2.45, 2.75) is 44.9 Å². The predicted octanol–water partition coefficient (Wildman–Crippen LogP) is 3.94. The zero-order valence-electron chi connectivity index (χ0n) is 22.5. The molecule has 2 aromatic heterocycles. The Morgan fingerprint density at radius 3 is 2.41 bits per heavy atom. The Balaban J connectivity index is 1.45. The van der Waals surface area contributed by atoms with Gasteiger partial charge in [-0.05, 0) is 56.2 Å². The van der Waals surface area contributed by atoms with Crippen molar-refractivity contribution in [3.05, 3.63) is 66.1 Å². The van der Waals surface area contributed by atoms with Crippen LogP contribution in [-0.4, -0.2) is 64.6 Å². The van der Waals surface area contributed by atoms with Crippen LogP contribution in [0.1, 0.15) is 38.2 Å². The van der Waals surface area contributed by atoms with Crippen molar-refractivity contribution >= 4 is 38.5 Å². The van der Waals surface area contributed by atoms with E-state index in [1.54, 1.807) is 12.1 Å². The summed E-state index contributed by atoms with van der Waals surface area (Å²) in [7, 11) is -3.69. The number of nitrogens with one attached hydrogen (secondary N) is 1. The SMILES string of the molecule is CCCc1nc(N2CCCN(S(=O)(=O)c3ccc(NC(C)=O)cc3)CC2)c2c(C)nn(-c3ccccc3)c2n1. The summed E-state index contributed by atoms with van der Waals surface area (Å²) < 4.78 is 30.3. The molecule has 4 aromatic rings. The van der Waals surface area contributed by atoms with Gasteiger partial charge in [-0.25, -0.2) is 23.1 Å². The number of benzene rings is 2. The highest BCUT2D eigenvalue weighted by molar-refractivity contribution is 7.89. The Kier molecular flexibility index (Phi) is 7.62. The largest absolute Gasteiger partial charge is 0.355 e. The molecule has 1 amide bonds. The molecule has 1 aliphatic rings. The van der Waals surface area contributed by atoms with Crippen LogP contribution >= 0.6 is 0 Å². The van der Waals surface area contributed by atoms with Crippen LogP contribution in [0.3, 0.4) is 0 Å². The molecule has 0 atom stereocenters. The van der Waals surface area contributed by atoms with Crippen molar-refractivity contribution in [3.63, 3.8) is 0 Å². The van der Waals surface area contributed by atoms with Crippen LogP contribution < -0.4 is 10.2 Å². The van der Waals surface area contributed by atoms with E-state index in [1.165, 1.54) is 23.4 Å². The Hall–Kier alpha value is -3.83. The van der Waals surface area contributed by atoms with Crippen molar-refractivity contribution in [2.24, 2.45) is 0 Å². The third-order valence-corrected chi connectivity index (χ3v) is 8.68. The summed E-state index contributed by atoms with van der Waals surface area (Å²) in [4.78, 5) is 23.5. The van der Waals surface area contributed by atoms with Crippen LogP contribution in [0.15, 0.2) is 59.5 Å². The molecule has 1 fully saturated rings. The van der Waals surface area contributed by atoms with Crippen LogP contribution in [0, 0.1) is 6.92 Å². The predicted molar refractivity (Wildman–Crippen MR) is 152 cm³/mol. The van der Waals surface area contributed by atoms with Crippen LogP contribution in [0.5, 0.6) is 0 Å². The molecule has 0 radical (unpaired) electrons. The number of aromatic nitrogens is 4. The third kappa shape index (κ3) is 5.50. The summed E-state index contributed by atoms with van der Waals surface area (Å²) in [6.45, 7) is 7.38. The number of fused-ring (bicyclic) bond motifs is 1. The van der Waals surface area contributed by atoms with Gasteiger partial charge < -0.3 is 10.2 Å². The van der Waals surface area contributed by atoms with Crippen molar-refractivity contribution in [1.82, 2.24) is 24.1 Å². The van der Waals surface area contributed by atoms with Crippen molar-refractivity contribution in [1.29, 1.82) is 0 Å². The fourth-order valence-corrected chi connectivity index (χ4v) is 6.40. The second-order valence-corrected chi connectivity index (χ2v) is 11.6. The highest BCUT2D eigenvalue weighted by Crippen LogP contribution is 2.30. The normalized spacial score (nSPS) is 14.9. The van der Waals surface area contributed by atoms with Crippen LogP contribution in [-0.2, 0) is 21.2 Å². The lowest BCUT2D eigenvalue weighted by molar-refractivity contribution is -0.114. The molecule has 0 aliphatic carbocycles. The molecule has 1 saturated heterocycles. The van der Waals surface area contributed by atoms with E-state index in [0.717, 1.165) is 46.9 Å². The third-order valence-electron chi connectivity index (χ3n) is 6.77. The van der Waals surface area contributed by atoms with Crippen molar-refractivity contribution in [2.75, 3.05) is 36.4 Å². The van der Waals surface area contributed by atoms with Gasteiger partial charge in [-0.3, -0.25) is 4.79 Å². The lowest BCUT2D eigenvalue weighted by Crippen LogP contribution is -2.35. The zero-order valence-corrected chi connectivity index (χ0v) is 23.3. The monoisotopic (exact) mass is 547 g/mol. The molecule has 11 heteroatoms. The second kappa shape index (κ2) is 11.1. The first-order valence-corrected chi connectivity index (χ1v) is 14.7. The highest BCUT2D eigenvalue weighted by Gasteiger charge is 2.29. The minimum absolute atomic E-state index is 0.205. The summed E-state index contributed by atoms with van der Waals surface area (Å²) in [5.41, 5.74) is 3.09. The van der Waals surface area contributed by atoms with Crippen LogP contribution in [0.25, 0.3) is 16.7 Å². The number of aryl methyl sites for hydroxylation is 2. The van der Waals surface area contributed by atoms with Gasteiger partial charge in [0.15, 0.2) is 5.65 Å². The van der Waals surface area contributed by atoms with E-state index < -0.39 is 10.0 Å². The van der Waals surface area contributed by atoms with Crippen LogP contribution in [0.4, 0.5) is 11.5 Å². The average molecular weight is 548 g/mol. The summed E-state index contributed by atoms with van der Waals surface area (Å²) in [6.07, 6.45) is 2.31. The van der Waals surface area contributed by atoms with Gasteiger partial charge in [0.25, 0.3) is 0 Å². The van der Waals surface area contributed by atoms with E-state index in [1.807, 2.05) is 41.9 Å². The number of hydrogen-bond donors (Lipinski definition) is 1. The number of nitrogens with zero attached hydrogens (tertiary/aromatic N) is 6. The fourth-order valence-electron chi connectivity index (χ4n) is 4.93. The number of carbonyl (C=O) groups excluding carboxylic acids is 1. The Morgan fingerprint density at radius 2 is 1.72 bits per heavy atom. The van der Waals surface area contributed by atoms with E-state index in [0.29, 0.717) is 38.3 Å². The molecular weight excluding hydrogens is 514 g/mol. The minimum Gasteiger partial charge on any atom is -0.355 e. The molecule has 0 spiro atoms. The second-order valence-electron chi connectivity index (χ2n) is 9.70. The molecule has 2 aromatic carbocycles. The maximum atomic E-state index is 13.5. The van der Waals surface area contributed by atoms with Gasteiger partial charge in [0.05, 0.1) is 21.7 Å². The van der Waals surface area contributed by atoms with Crippen molar-refractivity contribution in [3.8, 4) is 5.69 Å². The van der Waals surface area contributed by atoms with E-state index in [4.69, 9.17) is 15.1 Å². The number of anilines is 2. The van der Waals surface area contributed by atoms with Gasteiger partial charge in [0.2, 0.25) is 15.9 Å². The molecule has 39 heavy (non-hydrogen) atoms. The van der Waals surface area contributed by atoms with E-state index >= 15 is 0 Å². The summed E-state index contributed by atoms with van der Waals surface area (Å²) in [5.74, 6) is 1.36. The maximum Gasteiger partial charge on any atom is 0.243 e. The molecule has 10 nitrogen and oxygen atoms in total. The topological polar surface area (TPSA) is 113 Å². The average Bonchev–Trinajstić information content (AvgIpc) is 3.08. The number of carbonyl (C=O) groups is 1. The molecule has 1 aliphatic heterocycles. The first kappa shape index (κ1) is 26.8. The number of sulfonamides is 1. The minimum atomic E-state index is -3.69. The lowest BCUT2D eigenvalue weighted by Gasteiger charge is -2.24. The number of para-hydroxylation sites is 1. The number of amides is 1. The van der Waals surface area contributed by atoms with E-state index in [9.17, 15) is 13.2 Å². The van der Waals surface area contributed by atoms with Gasteiger partial charge >= 0.3 is 0 Å². The van der Waals surface area contributed by atoms with Crippen LogP contribution in [0.2, 0.25) is 0 Å². The first-order valence-electron chi connectivity index (χ1n) is 13.2. The molecule has 0 saturated carbocycles. The molecule has 1 N–H and O–H groups in total. The van der Waals surface area contributed by atoms with Gasteiger partial charge in [0, 0.05) is 45.2 Å². The van der Waals surface area contributed by atoms with Gasteiger partial charge in [-0.15, -0.1) is 0 Å². The van der Waals surface area contributed by atoms with Gasteiger partial charge in [0.1, 0.15) is 11.6 Å². The molecule has 5 rings (SSSR count). The number of hydrogen-bond acceptors (Lipinski definition) is 7. The van der Waals surface area contributed by atoms with E-state index in [-0.39, 0.29) is 10.8 Å². The van der Waals surface area contributed by atoms with Gasteiger partial charge in [-0.2, -0.15) is 9.40 Å². The van der Waals surface area contributed by atoms with Gasteiger partial charge in [-0.1, -0.05) is 25.1 Å².